The van der Waals surface area contributed by atoms with E-state index in [1.165, 1.54) is 19.3 Å². The van der Waals surface area contributed by atoms with Gasteiger partial charge in [0, 0.05) is 25.2 Å². The minimum atomic E-state index is 0.0120. The van der Waals surface area contributed by atoms with Gasteiger partial charge in [0.05, 0.1) is 12.2 Å². The minimum absolute atomic E-state index is 0.0120. The Kier molecular flexibility index (Phi) is 4.05. The molecule has 0 bridgehead atoms. The molecule has 1 saturated carbocycles. The number of likely N-dealkylation sites (N-methyl/N-ethyl adjacent to an activating group) is 1. The molecule has 0 aromatic carbocycles. The van der Waals surface area contributed by atoms with Gasteiger partial charge >= 0.3 is 0 Å². The van der Waals surface area contributed by atoms with Crippen LogP contribution in [0.5, 0.6) is 0 Å². The number of rotatable bonds is 2. The van der Waals surface area contributed by atoms with Crippen LogP contribution in [0, 0.1) is 5.41 Å². The molecule has 1 N–H and O–H groups in total. The number of morpholine rings is 1. The lowest BCUT2D eigenvalue weighted by molar-refractivity contribution is -0.110. The van der Waals surface area contributed by atoms with Crippen LogP contribution >= 0.6 is 0 Å². The fourth-order valence-corrected chi connectivity index (χ4v) is 3.92. The molecule has 1 aliphatic heterocycles. The Hall–Kier alpha value is -0.120. The summed E-state index contributed by atoms with van der Waals surface area (Å²) in [5.74, 6) is 0. The van der Waals surface area contributed by atoms with Crippen molar-refractivity contribution in [2.75, 3.05) is 26.7 Å². The largest absolute Gasteiger partial charge is 0.373 e. The third-order valence-corrected chi connectivity index (χ3v) is 4.78. The summed E-state index contributed by atoms with van der Waals surface area (Å²) in [5.41, 5.74) is 0.415. The minimum Gasteiger partial charge on any atom is -0.373 e. The standard InChI is InChI=1S/C15H30N2O/c1-14(2)8-6-7-12(13(14)16-5)17-9-10-18-15(3,4)11-17/h12-13,16H,6-11H2,1-5H3. The third-order valence-electron chi connectivity index (χ3n) is 4.78. The Bertz CT molecular complexity index is 288. The van der Waals surface area contributed by atoms with Crippen molar-refractivity contribution >= 4 is 0 Å². The van der Waals surface area contributed by atoms with E-state index in [9.17, 15) is 0 Å². The highest BCUT2D eigenvalue weighted by Gasteiger charge is 2.42. The van der Waals surface area contributed by atoms with Gasteiger partial charge in [0.15, 0.2) is 0 Å². The smallest absolute Gasteiger partial charge is 0.0753 e. The quantitative estimate of drug-likeness (QED) is 0.818. The van der Waals surface area contributed by atoms with Gasteiger partial charge in [-0.3, -0.25) is 4.90 Å². The lowest BCUT2D eigenvalue weighted by Crippen LogP contribution is -2.62. The molecule has 2 fully saturated rings. The normalized spacial score (nSPS) is 36.5. The second-order valence-corrected chi connectivity index (χ2v) is 7.29. The van der Waals surface area contributed by atoms with Crippen LogP contribution in [0.15, 0.2) is 0 Å². The van der Waals surface area contributed by atoms with E-state index in [2.05, 4.69) is 45.0 Å². The summed E-state index contributed by atoms with van der Waals surface area (Å²) in [6, 6.07) is 1.27. The summed E-state index contributed by atoms with van der Waals surface area (Å²) >= 11 is 0. The second kappa shape index (κ2) is 5.10. The second-order valence-electron chi connectivity index (χ2n) is 7.29. The Labute approximate surface area is 112 Å². The number of ether oxygens (including phenoxy) is 1. The monoisotopic (exact) mass is 254 g/mol. The summed E-state index contributed by atoms with van der Waals surface area (Å²) in [5, 5.41) is 3.59. The molecule has 3 heteroatoms. The Morgan fingerprint density at radius 1 is 1.22 bits per heavy atom. The molecule has 2 unspecified atom stereocenters. The summed E-state index contributed by atoms with van der Waals surface area (Å²) in [6.07, 6.45) is 4.02. The third kappa shape index (κ3) is 2.89. The molecule has 0 aromatic rings. The molecule has 2 aliphatic rings. The maximum Gasteiger partial charge on any atom is 0.0753 e. The molecule has 1 aliphatic carbocycles. The molecule has 1 heterocycles. The van der Waals surface area contributed by atoms with E-state index in [1.54, 1.807) is 0 Å². The van der Waals surface area contributed by atoms with Crippen LogP contribution in [0.25, 0.3) is 0 Å². The maximum atomic E-state index is 5.85. The lowest BCUT2D eigenvalue weighted by Gasteiger charge is -2.51. The Morgan fingerprint density at radius 2 is 1.94 bits per heavy atom. The fourth-order valence-electron chi connectivity index (χ4n) is 3.92. The number of nitrogens with one attached hydrogen (secondary N) is 1. The average Bonchev–Trinajstić information content (AvgIpc) is 2.26. The highest BCUT2D eigenvalue weighted by Crippen LogP contribution is 2.38. The van der Waals surface area contributed by atoms with Crippen molar-refractivity contribution < 1.29 is 4.74 Å². The number of hydrogen-bond donors (Lipinski definition) is 1. The van der Waals surface area contributed by atoms with Crippen LogP contribution in [-0.4, -0.2) is 49.3 Å². The van der Waals surface area contributed by atoms with Gasteiger partial charge in [-0.25, -0.2) is 0 Å². The highest BCUT2D eigenvalue weighted by atomic mass is 16.5. The van der Waals surface area contributed by atoms with Crippen LogP contribution in [-0.2, 0) is 4.74 Å². The zero-order valence-corrected chi connectivity index (χ0v) is 12.8. The molecular weight excluding hydrogens is 224 g/mol. The topological polar surface area (TPSA) is 24.5 Å². The van der Waals surface area contributed by atoms with Gasteiger partial charge in [-0.15, -0.1) is 0 Å². The summed E-state index contributed by atoms with van der Waals surface area (Å²) in [7, 11) is 2.12. The van der Waals surface area contributed by atoms with Crippen molar-refractivity contribution in [3.05, 3.63) is 0 Å². The van der Waals surface area contributed by atoms with Crippen molar-refractivity contribution in [1.82, 2.24) is 10.2 Å². The van der Waals surface area contributed by atoms with E-state index in [-0.39, 0.29) is 5.60 Å². The molecule has 0 aromatic heterocycles. The van der Waals surface area contributed by atoms with Crippen LogP contribution in [0.3, 0.4) is 0 Å². The predicted octanol–water partition coefficient (Wildman–Crippen LogP) is 2.26. The average molecular weight is 254 g/mol. The zero-order chi connectivity index (χ0) is 13.4. The molecule has 3 nitrogen and oxygen atoms in total. The first-order chi connectivity index (χ1) is 8.36. The zero-order valence-electron chi connectivity index (χ0n) is 12.8. The van der Waals surface area contributed by atoms with Gasteiger partial charge < -0.3 is 10.1 Å². The van der Waals surface area contributed by atoms with Gasteiger partial charge in [-0.05, 0) is 39.2 Å². The molecule has 2 rings (SSSR count). The first kappa shape index (κ1) is 14.3. The molecule has 0 spiro atoms. The van der Waals surface area contributed by atoms with Gasteiger partial charge in [-0.2, -0.15) is 0 Å². The molecule has 0 amide bonds. The van der Waals surface area contributed by atoms with Crippen LogP contribution < -0.4 is 5.32 Å². The molecule has 0 radical (unpaired) electrons. The number of nitrogens with zero attached hydrogens (tertiary/aromatic N) is 1. The Morgan fingerprint density at radius 3 is 2.56 bits per heavy atom. The SMILES string of the molecule is CNC1C(N2CCOC(C)(C)C2)CCCC1(C)C. The summed E-state index contributed by atoms with van der Waals surface area (Å²) < 4.78 is 5.85. The molecule has 18 heavy (non-hydrogen) atoms. The van der Waals surface area contributed by atoms with E-state index < -0.39 is 0 Å². The van der Waals surface area contributed by atoms with Crippen molar-refractivity contribution in [3.63, 3.8) is 0 Å². The summed E-state index contributed by atoms with van der Waals surface area (Å²) in [4.78, 5) is 2.66. The molecule has 1 saturated heterocycles. The molecular formula is C15H30N2O. The lowest BCUT2D eigenvalue weighted by atomic mass is 9.70. The van der Waals surface area contributed by atoms with Crippen LogP contribution in [0.1, 0.15) is 47.0 Å². The van der Waals surface area contributed by atoms with E-state index in [4.69, 9.17) is 4.74 Å². The van der Waals surface area contributed by atoms with E-state index in [0.29, 0.717) is 17.5 Å². The molecule has 106 valence electrons. The maximum absolute atomic E-state index is 5.85. The van der Waals surface area contributed by atoms with E-state index in [0.717, 1.165) is 19.7 Å². The van der Waals surface area contributed by atoms with E-state index in [1.807, 2.05) is 0 Å². The number of hydrogen-bond acceptors (Lipinski definition) is 3. The van der Waals surface area contributed by atoms with Crippen molar-refractivity contribution in [3.8, 4) is 0 Å². The first-order valence-electron chi connectivity index (χ1n) is 7.41. The van der Waals surface area contributed by atoms with Gasteiger partial charge in [-0.1, -0.05) is 20.3 Å². The Balaban J connectivity index is 2.10. The van der Waals surface area contributed by atoms with Gasteiger partial charge in [0.25, 0.3) is 0 Å². The highest BCUT2D eigenvalue weighted by molar-refractivity contribution is 4.99. The van der Waals surface area contributed by atoms with Crippen LogP contribution in [0.4, 0.5) is 0 Å². The van der Waals surface area contributed by atoms with Gasteiger partial charge in [0.2, 0.25) is 0 Å². The predicted molar refractivity (Wildman–Crippen MR) is 75.9 cm³/mol. The van der Waals surface area contributed by atoms with Crippen molar-refractivity contribution in [2.45, 2.75) is 64.6 Å². The first-order valence-corrected chi connectivity index (χ1v) is 7.41. The van der Waals surface area contributed by atoms with Crippen molar-refractivity contribution in [1.29, 1.82) is 0 Å². The fraction of sp³-hybridized carbons (Fsp3) is 1.00. The summed E-state index contributed by atoms with van der Waals surface area (Å²) in [6.45, 7) is 12.3. The van der Waals surface area contributed by atoms with Crippen molar-refractivity contribution in [2.24, 2.45) is 5.41 Å². The van der Waals surface area contributed by atoms with E-state index >= 15 is 0 Å². The molecule has 2 atom stereocenters. The van der Waals surface area contributed by atoms with Crippen LogP contribution in [0.2, 0.25) is 0 Å². The van der Waals surface area contributed by atoms with Gasteiger partial charge in [0.1, 0.15) is 0 Å².